The van der Waals surface area contributed by atoms with Crippen molar-refractivity contribution in [2.24, 2.45) is 0 Å². The standard InChI is InChI=1S/C13H15BrN2O2/c1-16(7-3-6-15)9-11-5-4-10(8-12(11)14)13(17)18-2/h4-5,8H,3,7,9H2,1-2H3. The Bertz CT molecular complexity index is 469. The van der Waals surface area contributed by atoms with Crippen LogP contribution in [0.4, 0.5) is 0 Å². The van der Waals surface area contributed by atoms with Crippen LogP contribution >= 0.6 is 15.9 Å². The van der Waals surface area contributed by atoms with Crippen molar-refractivity contribution in [3.05, 3.63) is 33.8 Å². The highest BCUT2D eigenvalue weighted by Gasteiger charge is 2.09. The van der Waals surface area contributed by atoms with Gasteiger partial charge in [0, 0.05) is 24.0 Å². The number of hydrogen-bond acceptors (Lipinski definition) is 4. The maximum absolute atomic E-state index is 11.4. The second kappa shape index (κ2) is 7.14. The van der Waals surface area contributed by atoms with Gasteiger partial charge in [-0.2, -0.15) is 5.26 Å². The normalized spacial score (nSPS) is 10.2. The van der Waals surface area contributed by atoms with E-state index in [4.69, 9.17) is 5.26 Å². The maximum Gasteiger partial charge on any atom is 0.337 e. The molecular weight excluding hydrogens is 296 g/mol. The van der Waals surface area contributed by atoms with Crippen LogP contribution < -0.4 is 0 Å². The van der Waals surface area contributed by atoms with E-state index in [0.717, 1.165) is 23.1 Å². The molecule has 0 spiro atoms. The van der Waals surface area contributed by atoms with E-state index in [1.165, 1.54) is 7.11 Å². The number of benzene rings is 1. The van der Waals surface area contributed by atoms with Gasteiger partial charge in [0.25, 0.3) is 0 Å². The second-order valence-electron chi connectivity index (χ2n) is 3.94. The van der Waals surface area contributed by atoms with Crippen LogP contribution in [0.1, 0.15) is 22.3 Å². The summed E-state index contributed by atoms with van der Waals surface area (Å²) in [7, 11) is 3.32. The molecule has 1 rings (SSSR count). The molecular formula is C13H15BrN2O2. The molecule has 0 radical (unpaired) electrons. The Morgan fingerprint density at radius 1 is 1.56 bits per heavy atom. The molecule has 0 aliphatic carbocycles. The van der Waals surface area contributed by atoms with Gasteiger partial charge in [-0.15, -0.1) is 0 Å². The van der Waals surface area contributed by atoms with Crippen molar-refractivity contribution in [1.82, 2.24) is 4.90 Å². The predicted molar refractivity (Wildman–Crippen MR) is 72.0 cm³/mol. The summed E-state index contributed by atoms with van der Waals surface area (Å²) in [5.74, 6) is -0.347. The highest BCUT2D eigenvalue weighted by atomic mass is 79.9. The zero-order valence-electron chi connectivity index (χ0n) is 10.4. The molecule has 0 amide bonds. The molecule has 0 fully saturated rings. The van der Waals surface area contributed by atoms with Crippen LogP contribution in [-0.4, -0.2) is 31.6 Å². The first kappa shape index (κ1) is 14.7. The van der Waals surface area contributed by atoms with Crippen LogP contribution in [0.2, 0.25) is 0 Å². The molecule has 0 atom stereocenters. The molecule has 4 nitrogen and oxygen atoms in total. The number of methoxy groups -OCH3 is 1. The van der Waals surface area contributed by atoms with Gasteiger partial charge in [-0.05, 0) is 24.7 Å². The van der Waals surface area contributed by atoms with Crippen LogP contribution in [0.15, 0.2) is 22.7 Å². The van der Waals surface area contributed by atoms with E-state index in [-0.39, 0.29) is 5.97 Å². The Hall–Kier alpha value is -1.38. The average molecular weight is 311 g/mol. The van der Waals surface area contributed by atoms with Gasteiger partial charge in [0.15, 0.2) is 0 Å². The fourth-order valence-electron chi connectivity index (χ4n) is 1.53. The van der Waals surface area contributed by atoms with Gasteiger partial charge >= 0.3 is 5.97 Å². The molecule has 1 aromatic carbocycles. The minimum Gasteiger partial charge on any atom is -0.465 e. The zero-order valence-corrected chi connectivity index (χ0v) is 12.0. The molecule has 0 saturated heterocycles. The average Bonchev–Trinajstić information content (AvgIpc) is 2.37. The fourth-order valence-corrected chi connectivity index (χ4v) is 2.04. The summed E-state index contributed by atoms with van der Waals surface area (Å²) in [5.41, 5.74) is 1.59. The molecule has 1 aromatic rings. The molecule has 0 N–H and O–H groups in total. The first-order valence-electron chi connectivity index (χ1n) is 5.50. The van der Waals surface area contributed by atoms with E-state index < -0.39 is 0 Å². The zero-order chi connectivity index (χ0) is 13.5. The lowest BCUT2D eigenvalue weighted by Gasteiger charge is -2.16. The van der Waals surface area contributed by atoms with E-state index in [0.29, 0.717) is 12.0 Å². The summed E-state index contributed by atoms with van der Waals surface area (Å²) in [5, 5.41) is 8.52. The summed E-state index contributed by atoms with van der Waals surface area (Å²) in [6.07, 6.45) is 0.508. The second-order valence-corrected chi connectivity index (χ2v) is 4.80. The number of halogens is 1. The van der Waals surface area contributed by atoms with Crippen molar-refractivity contribution in [3.63, 3.8) is 0 Å². The van der Waals surface area contributed by atoms with E-state index >= 15 is 0 Å². The van der Waals surface area contributed by atoms with Crippen molar-refractivity contribution >= 4 is 21.9 Å². The molecule has 0 aromatic heterocycles. The Labute approximate surface area is 115 Å². The van der Waals surface area contributed by atoms with Gasteiger partial charge in [-0.25, -0.2) is 4.79 Å². The van der Waals surface area contributed by atoms with Crippen molar-refractivity contribution < 1.29 is 9.53 Å². The quantitative estimate of drug-likeness (QED) is 0.784. The smallest absolute Gasteiger partial charge is 0.337 e. The fraction of sp³-hybridized carbons (Fsp3) is 0.385. The number of nitriles is 1. The number of hydrogen-bond donors (Lipinski definition) is 0. The van der Waals surface area contributed by atoms with Crippen LogP contribution in [0, 0.1) is 11.3 Å². The summed E-state index contributed by atoms with van der Waals surface area (Å²) in [6.45, 7) is 1.45. The number of esters is 1. The van der Waals surface area contributed by atoms with E-state index in [9.17, 15) is 4.79 Å². The van der Waals surface area contributed by atoms with Gasteiger partial charge in [0.05, 0.1) is 18.7 Å². The minimum absolute atomic E-state index is 0.347. The number of nitrogens with zero attached hydrogens (tertiary/aromatic N) is 2. The van der Waals surface area contributed by atoms with Crippen LogP contribution in [0.25, 0.3) is 0 Å². The molecule has 0 aliphatic heterocycles. The highest BCUT2D eigenvalue weighted by molar-refractivity contribution is 9.10. The summed E-state index contributed by atoms with van der Waals surface area (Å²) in [6, 6.07) is 7.49. The molecule has 18 heavy (non-hydrogen) atoms. The van der Waals surface area contributed by atoms with Crippen molar-refractivity contribution in [1.29, 1.82) is 5.26 Å². The largest absolute Gasteiger partial charge is 0.465 e. The third-order valence-corrected chi connectivity index (χ3v) is 3.26. The Morgan fingerprint density at radius 2 is 2.28 bits per heavy atom. The Balaban J connectivity index is 2.74. The molecule has 0 saturated carbocycles. The molecule has 0 bridgehead atoms. The van der Waals surface area contributed by atoms with E-state index in [2.05, 4.69) is 31.6 Å². The van der Waals surface area contributed by atoms with Crippen molar-refractivity contribution in [2.45, 2.75) is 13.0 Å². The van der Waals surface area contributed by atoms with E-state index in [1.54, 1.807) is 12.1 Å². The Morgan fingerprint density at radius 3 is 2.83 bits per heavy atom. The minimum atomic E-state index is -0.347. The topological polar surface area (TPSA) is 53.3 Å². The molecule has 96 valence electrons. The van der Waals surface area contributed by atoms with Crippen LogP contribution in [0.5, 0.6) is 0 Å². The van der Waals surface area contributed by atoms with Gasteiger partial charge < -0.3 is 9.64 Å². The van der Waals surface area contributed by atoms with Gasteiger partial charge in [0.1, 0.15) is 0 Å². The number of carbonyl (C=O) groups excluding carboxylic acids is 1. The van der Waals surface area contributed by atoms with Crippen LogP contribution in [0.3, 0.4) is 0 Å². The van der Waals surface area contributed by atoms with Gasteiger partial charge in [-0.3, -0.25) is 0 Å². The highest BCUT2D eigenvalue weighted by Crippen LogP contribution is 2.20. The number of carbonyl (C=O) groups is 1. The summed E-state index contributed by atoms with van der Waals surface area (Å²) in [4.78, 5) is 13.4. The predicted octanol–water partition coefficient (Wildman–Crippen LogP) is 2.58. The molecule has 0 aliphatic rings. The third-order valence-electron chi connectivity index (χ3n) is 2.52. The number of rotatable bonds is 5. The SMILES string of the molecule is COC(=O)c1ccc(CN(C)CCC#N)c(Br)c1. The lowest BCUT2D eigenvalue weighted by molar-refractivity contribution is 0.0600. The van der Waals surface area contributed by atoms with Crippen LogP contribution in [-0.2, 0) is 11.3 Å². The van der Waals surface area contributed by atoms with Gasteiger partial charge in [-0.1, -0.05) is 22.0 Å². The van der Waals surface area contributed by atoms with Crippen molar-refractivity contribution in [2.75, 3.05) is 20.7 Å². The summed E-state index contributed by atoms with van der Waals surface area (Å²) < 4.78 is 5.53. The third kappa shape index (κ3) is 4.13. The van der Waals surface area contributed by atoms with Crippen molar-refractivity contribution in [3.8, 4) is 6.07 Å². The lowest BCUT2D eigenvalue weighted by Crippen LogP contribution is -2.19. The summed E-state index contributed by atoms with van der Waals surface area (Å²) >= 11 is 3.44. The Kier molecular flexibility index (Phi) is 5.83. The maximum atomic E-state index is 11.4. The number of ether oxygens (including phenoxy) is 1. The molecule has 0 unspecified atom stereocenters. The molecule has 0 heterocycles. The van der Waals surface area contributed by atoms with Gasteiger partial charge in [0.2, 0.25) is 0 Å². The monoisotopic (exact) mass is 310 g/mol. The first-order chi connectivity index (χ1) is 8.58. The first-order valence-corrected chi connectivity index (χ1v) is 6.30. The van der Waals surface area contributed by atoms with E-state index in [1.807, 2.05) is 13.1 Å². The lowest BCUT2D eigenvalue weighted by atomic mass is 10.1. The molecule has 5 heteroatoms.